The molecule has 0 spiro atoms. The number of amides is 1. The molecular weight excluding hydrogens is 226 g/mol. The number of carbonyl (C=O) groups is 1. The first-order valence-corrected chi connectivity index (χ1v) is 5.47. The van der Waals surface area contributed by atoms with Crippen molar-refractivity contribution in [2.45, 2.75) is 32.4 Å². The highest BCUT2D eigenvalue weighted by Gasteiger charge is 2.20. The average Bonchev–Trinajstić information content (AvgIpc) is 2.27. The van der Waals surface area contributed by atoms with Gasteiger partial charge in [0.2, 0.25) is 5.91 Å². The lowest BCUT2D eigenvalue weighted by molar-refractivity contribution is -0.123. The summed E-state index contributed by atoms with van der Waals surface area (Å²) >= 11 is 0. The van der Waals surface area contributed by atoms with Gasteiger partial charge in [-0.3, -0.25) is 4.79 Å². The molecule has 0 radical (unpaired) electrons. The van der Waals surface area contributed by atoms with Crippen LogP contribution in [0.15, 0.2) is 18.2 Å². The molecule has 0 aliphatic heterocycles. The van der Waals surface area contributed by atoms with Gasteiger partial charge >= 0.3 is 0 Å². The molecule has 0 saturated heterocycles. The topological polar surface area (TPSA) is 55.1 Å². The summed E-state index contributed by atoms with van der Waals surface area (Å²) < 4.78 is 26.8. The SMILES string of the molecule is CCC(N)C(=O)NC(C)c1c(F)cccc1F. The van der Waals surface area contributed by atoms with Gasteiger partial charge in [0.25, 0.3) is 0 Å². The predicted molar refractivity (Wildman–Crippen MR) is 61.2 cm³/mol. The molecular formula is C12H16F2N2O. The van der Waals surface area contributed by atoms with Crippen molar-refractivity contribution >= 4 is 5.91 Å². The fourth-order valence-electron chi connectivity index (χ4n) is 1.50. The van der Waals surface area contributed by atoms with E-state index in [4.69, 9.17) is 5.73 Å². The van der Waals surface area contributed by atoms with Crippen LogP contribution in [0.5, 0.6) is 0 Å². The van der Waals surface area contributed by atoms with Crippen LogP contribution in [0, 0.1) is 11.6 Å². The van der Waals surface area contributed by atoms with Gasteiger partial charge in [-0.1, -0.05) is 13.0 Å². The molecule has 0 aliphatic carbocycles. The molecule has 17 heavy (non-hydrogen) atoms. The van der Waals surface area contributed by atoms with Crippen molar-refractivity contribution in [3.05, 3.63) is 35.4 Å². The van der Waals surface area contributed by atoms with Crippen molar-refractivity contribution in [1.29, 1.82) is 0 Å². The van der Waals surface area contributed by atoms with Crippen LogP contribution in [0.1, 0.15) is 31.9 Å². The molecule has 1 amide bonds. The lowest BCUT2D eigenvalue weighted by Gasteiger charge is -2.18. The summed E-state index contributed by atoms with van der Waals surface area (Å²) in [4.78, 5) is 11.5. The van der Waals surface area contributed by atoms with Crippen molar-refractivity contribution in [2.24, 2.45) is 5.73 Å². The number of nitrogens with two attached hydrogens (primary N) is 1. The normalized spacial score (nSPS) is 14.2. The Balaban J connectivity index is 2.83. The standard InChI is InChI=1S/C12H16F2N2O/c1-3-10(15)12(17)16-7(2)11-8(13)5-4-6-9(11)14/h4-7,10H,3,15H2,1-2H3,(H,16,17). The van der Waals surface area contributed by atoms with E-state index in [2.05, 4.69) is 5.32 Å². The first-order chi connectivity index (χ1) is 7.97. The molecule has 0 bridgehead atoms. The molecule has 1 rings (SSSR count). The summed E-state index contributed by atoms with van der Waals surface area (Å²) in [5.74, 6) is -1.77. The third-order valence-corrected chi connectivity index (χ3v) is 2.57. The van der Waals surface area contributed by atoms with Crippen LogP contribution in [0.2, 0.25) is 0 Å². The van der Waals surface area contributed by atoms with Crippen molar-refractivity contribution in [3.63, 3.8) is 0 Å². The summed E-state index contributed by atoms with van der Waals surface area (Å²) in [5.41, 5.74) is 5.37. The van der Waals surface area contributed by atoms with Crippen molar-refractivity contribution < 1.29 is 13.6 Å². The minimum atomic E-state index is -0.749. The van der Waals surface area contributed by atoms with E-state index in [9.17, 15) is 13.6 Å². The van der Waals surface area contributed by atoms with E-state index in [-0.39, 0.29) is 5.56 Å². The summed E-state index contributed by atoms with van der Waals surface area (Å²) in [5, 5.41) is 2.48. The predicted octanol–water partition coefficient (Wildman–Crippen LogP) is 1.88. The lowest BCUT2D eigenvalue weighted by Crippen LogP contribution is -2.41. The Morgan fingerprint density at radius 2 is 1.94 bits per heavy atom. The molecule has 0 fully saturated rings. The van der Waals surface area contributed by atoms with Crippen LogP contribution in [0.4, 0.5) is 8.78 Å². The molecule has 1 aromatic carbocycles. The van der Waals surface area contributed by atoms with Crippen molar-refractivity contribution in [2.75, 3.05) is 0 Å². The van der Waals surface area contributed by atoms with Gasteiger partial charge in [0.05, 0.1) is 12.1 Å². The zero-order valence-electron chi connectivity index (χ0n) is 9.84. The number of hydrogen-bond acceptors (Lipinski definition) is 2. The molecule has 0 heterocycles. The fourth-order valence-corrected chi connectivity index (χ4v) is 1.50. The highest BCUT2D eigenvalue weighted by atomic mass is 19.1. The summed E-state index contributed by atoms with van der Waals surface area (Å²) in [6.45, 7) is 3.28. The summed E-state index contributed by atoms with van der Waals surface area (Å²) in [7, 11) is 0. The van der Waals surface area contributed by atoms with Crippen molar-refractivity contribution in [3.8, 4) is 0 Å². The van der Waals surface area contributed by atoms with Crippen LogP contribution in [-0.4, -0.2) is 11.9 Å². The maximum Gasteiger partial charge on any atom is 0.237 e. The number of halogens is 2. The van der Waals surface area contributed by atoms with Gasteiger partial charge in [0.15, 0.2) is 0 Å². The minimum Gasteiger partial charge on any atom is -0.348 e. The Morgan fingerprint density at radius 1 is 1.41 bits per heavy atom. The van der Waals surface area contributed by atoms with E-state index >= 15 is 0 Å². The zero-order valence-corrected chi connectivity index (χ0v) is 9.84. The van der Waals surface area contributed by atoms with Crippen LogP contribution >= 0.6 is 0 Å². The van der Waals surface area contributed by atoms with Crippen LogP contribution in [0.25, 0.3) is 0 Å². The Labute approximate surface area is 99.0 Å². The third kappa shape index (κ3) is 3.23. The molecule has 1 aromatic rings. The number of rotatable bonds is 4. The summed E-state index contributed by atoms with van der Waals surface area (Å²) in [6.07, 6.45) is 0.471. The molecule has 3 nitrogen and oxygen atoms in total. The summed E-state index contributed by atoms with van der Waals surface area (Å²) in [6, 6.07) is 2.18. The van der Waals surface area contributed by atoms with Crippen molar-refractivity contribution in [1.82, 2.24) is 5.32 Å². The average molecular weight is 242 g/mol. The highest BCUT2D eigenvalue weighted by Crippen LogP contribution is 2.20. The molecule has 0 aliphatic rings. The second-order valence-electron chi connectivity index (χ2n) is 3.88. The Kier molecular flexibility index (Phi) is 4.57. The quantitative estimate of drug-likeness (QED) is 0.847. The largest absolute Gasteiger partial charge is 0.348 e. The Morgan fingerprint density at radius 3 is 2.41 bits per heavy atom. The van der Waals surface area contributed by atoms with Gasteiger partial charge in [-0.05, 0) is 25.5 Å². The van der Waals surface area contributed by atoms with Crippen LogP contribution in [-0.2, 0) is 4.79 Å². The monoisotopic (exact) mass is 242 g/mol. The van der Waals surface area contributed by atoms with Crippen LogP contribution in [0.3, 0.4) is 0 Å². The lowest BCUT2D eigenvalue weighted by atomic mass is 10.1. The highest BCUT2D eigenvalue weighted by molar-refractivity contribution is 5.81. The molecule has 94 valence electrons. The smallest absolute Gasteiger partial charge is 0.237 e. The van der Waals surface area contributed by atoms with E-state index < -0.39 is 29.6 Å². The molecule has 2 unspecified atom stereocenters. The van der Waals surface area contributed by atoms with E-state index in [1.165, 1.54) is 13.0 Å². The third-order valence-electron chi connectivity index (χ3n) is 2.57. The zero-order chi connectivity index (χ0) is 13.0. The molecule has 0 aromatic heterocycles. The maximum atomic E-state index is 13.4. The van der Waals surface area contributed by atoms with E-state index in [1.807, 2.05) is 0 Å². The fraction of sp³-hybridized carbons (Fsp3) is 0.417. The first kappa shape index (κ1) is 13.6. The van der Waals surface area contributed by atoms with Gasteiger partial charge in [-0.25, -0.2) is 8.78 Å². The van der Waals surface area contributed by atoms with Gasteiger partial charge in [-0.2, -0.15) is 0 Å². The van der Waals surface area contributed by atoms with Gasteiger partial charge in [0, 0.05) is 5.56 Å². The van der Waals surface area contributed by atoms with E-state index in [0.717, 1.165) is 12.1 Å². The second-order valence-corrected chi connectivity index (χ2v) is 3.88. The number of hydrogen-bond donors (Lipinski definition) is 2. The van der Waals surface area contributed by atoms with E-state index in [0.29, 0.717) is 6.42 Å². The molecule has 2 atom stereocenters. The Hall–Kier alpha value is -1.49. The van der Waals surface area contributed by atoms with Gasteiger partial charge in [-0.15, -0.1) is 0 Å². The minimum absolute atomic E-state index is 0.149. The second kappa shape index (κ2) is 5.72. The number of nitrogens with one attached hydrogen (secondary N) is 1. The number of benzene rings is 1. The van der Waals surface area contributed by atoms with Crippen LogP contribution < -0.4 is 11.1 Å². The van der Waals surface area contributed by atoms with Gasteiger partial charge in [0.1, 0.15) is 11.6 Å². The molecule has 3 N–H and O–H groups in total. The first-order valence-electron chi connectivity index (χ1n) is 5.47. The van der Waals surface area contributed by atoms with Gasteiger partial charge < -0.3 is 11.1 Å². The number of carbonyl (C=O) groups excluding carboxylic acids is 1. The maximum absolute atomic E-state index is 13.4. The van der Waals surface area contributed by atoms with E-state index in [1.54, 1.807) is 6.92 Å². The Bertz CT molecular complexity index is 389. The molecule has 5 heteroatoms. The molecule has 0 saturated carbocycles.